The second-order valence-electron chi connectivity index (χ2n) is 4.59. The molecule has 6 heteroatoms. The van der Waals surface area contributed by atoms with Gasteiger partial charge < -0.3 is 5.32 Å². The molecule has 0 radical (unpaired) electrons. The highest BCUT2D eigenvalue weighted by Gasteiger charge is 2.28. The lowest BCUT2D eigenvalue weighted by Crippen LogP contribution is -2.26. The van der Waals surface area contributed by atoms with Crippen molar-refractivity contribution in [3.8, 4) is 0 Å². The summed E-state index contributed by atoms with van der Waals surface area (Å²) in [6.45, 7) is 2.11. The van der Waals surface area contributed by atoms with Gasteiger partial charge in [-0.25, -0.2) is 4.39 Å². The monoisotopic (exact) mass is 284 g/mol. The highest BCUT2D eigenvalue weighted by Crippen LogP contribution is 2.34. The normalized spacial score (nSPS) is 22.4. The summed E-state index contributed by atoms with van der Waals surface area (Å²) in [4.78, 5) is 10.4. The van der Waals surface area contributed by atoms with E-state index in [2.05, 4.69) is 12.2 Å². The van der Waals surface area contributed by atoms with Gasteiger partial charge in [-0.15, -0.1) is 0 Å². The molecule has 0 spiro atoms. The van der Waals surface area contributed by atoms with Crippen LogP contribution < -0.4 is 5.32 Å². The summed E-state index contributed by atoms with van der Waals surface area (Å²) in [7, 11) is 0. The molecule has 1 aliphatic rings. The number of hydrogen-bond donors (Lipinski definition) is 1. The first-order valence-corrected chi connectivity index (χ1v) is 7.48. The van der Waals surface area contributed by atoms with E-state index < -0.39 is 10.7 Å². The summed E-state index contributed by atoms with van der Waals surface area (Å²) >= 11 is 1.88. The zero-order valence-corrected chi connectivity index (χ0v) is 11.6. The highest BCUT2D eigenvalue weighted by molar-refractivity contribution is 7.99. The molecule has 1 aliphatic carbocycles. The molecular weight excluding hydrogens is 267 g/mol. The van der Waals surface area contributed by atoms with Gasteiger partial charge in [0.25, 0.3) is 5.69 Å². The van der Waals surface area contributed by atoms with Crippen molar-refractivity contribution in [3.63, 3.8) is 0 Å². The van der Waals surface area contributed by atoms with Crippen LogP contribution in [0.3, 0.4) is 0 Å². The van der Waals surface area contributed by atoms with Gasteiger partial charge in [-0.1, -0.05) is 13.3 Å². The molecule has 0 saturated heterocycles. The van der Waals surface area contributed by atoms with Gasteiger partial charge in [0.15, 0.2) is 0 Å². The van der Waals surface area contributed by atoms with Gasteiger partial charge >= 0.3 is 0 Å². The summed E-state index contributed by atoms with van der Waals surface area (Å²) in [5.41, 5.74) is 0.229. The van der Waals surface area contributed by atoms with Gasteiger partial charge in [-0.3, -0.25) is 10.1 Å². The fraction of sp³-hybridized carbons (Fsp3) is 0.538. The maximum absolute atomic E-state index is 13.1. The van der Waals surface area contributed by atoms with Gasteiger partial charge in [-0.05, 0) is 30.7 Å². The molecule has 1 saturated carbocycles. The van der Waals surface area contributed by atoms with Crippen LogP contribution in [-0.4, -0.2) is 22.0 Å². The molecule has 0 bridgehead atoms. The average molecular weight is 284 g/mol. The first kappa shape index (κ1) is 14.1. The molecule has 104 valence electrons. The molecule has 1 N–H and O–H groups in total. The van der Waals surface area contributed by atoms with Crippen LogP contribution in [0.25, 0.3) is 0 Å². The molecule has 19 heavy (non-hydrogen) atoms. The van der Waals surface area contributed by atoms with Crippen molar-refractivity contribution >= 4 is 23.1 Å². The number of nitrogens with one attached hydrogen (secondary N) is 1. The molecular formula is C13H17FN2O2S. The van der Waals surface area contributed by atoms with Gasteiger partial charge in [0.2, 0.25) is 0 Å². The second kappa shape index (κ2) is 6.23. The molecule has 4 nitrogen and oxygen atoms in total. The Morgan fingerprint density at radius 3 is 3.00 bits per heavy atom. The van der Waals surface area contributed by atoms with E-state index >= 15 is 0 Å². The minimum Gasteiger partial charge on any atom is -0.376 e. The Labute approximate surface area is 115 Å². The third kappa shape index (κ3) is 3.37. The third-order valence-electron chi connectivity index (χ3n) is 3.33. The van der Waals surface area contributed by atoms with E-state index in [4.69, 9.17) is 0 Å². The minimum absolute atomic E-state index is 0.188. The summed E-state index contributed by atoms with van der Waals surface area (Å²) in [6.07, 6.45) is 3.27. The van der Waals surface area contributed by atoms with E-state index in [-0.39, 0.29) is 11.7 Å². The molecule has 0 amide bonds. The van der Waals surface area contributed by atoms with Crippen molar-refractivity contribution in [3.05, 3.63) is 34.1 Å². The summed E-state index contributed by atoms with van der Waals surface area (Å²) < 4.78 is 13.1. The van der Waals surface area contributed by atoms with Crippen LogP contribution in [0.15, 0.2) is 18.2 Å². The topological polar surface area (TPSA) is 55.2 Å². The predicted octanol–water partition coefficient (Wildman–Crippen LogP) is 3.82. The number of nitro groups is 1. The number of benzene rings is 1. The summed E-state index contributed by atoms with van der Waals surface area (Å²) in [5, 5.41) is 14.7. The molecule has 1 aromatic rings. The zero-order chi connectivity index (χ0) is 13.8. The van der Waals surface area contributed by atoms with Crippen LogP contribution in [0.1, 0.15) is 26.2 Å². The molecule has 2 atom stereocenters. The summed E-state index contributed by atoms with van der Waals surface area (Å²) in [6, 6.07) is 3.92. The fourth-order valence-corrected chi connectivity index (χ4v) is 3.68. The van der Waals surface area contributed by atoms with E-state index in [1.807, 2.05) is 11.8 Å². The Kier molecular flexibility index (Phi) is 4.63. The number of rotatable bonds is 5. The maximum Gasteiger partial charge on any atom is 0.295 e. The average Bonchev–Trinajstić information content (AvgIpc) is 2.79. The fourth-order valence-electron chi connectivity index (χ4n) is 2.48. The highest BCUT2D eigenvalue weighted by atomic mass is 32.2. The zero-order valence-electron chi connectivity index (χ0n) is 10.8. The van der Waals surface area contributed by atoms with E-state index in [0.29, 0.717) is 10.9 Å². The van der Waals surface area contributed by atoms with Crippen LogP contribution in [-0.2, 0) is 0 Å². The molecule has 1 aromatic carbocycles. The lowest BCUT2D eigenvalue weighted by atomic mass is 10.2. The van der Waals surface area contributed by atoms with E-state index in [1.54, 1.807) is 0 Å². The second-order valence-corrected chi connectivity index (χ2v) is 6.11. The van der Waals surface area contributed by atoms with Gasteiger partial charge in [0, 0.05) is 11.3 Å². The summed E-state index contributed by atoms with van der Waals surface area (Å²) in [5.74, 6) is 0.456. The standard InChI is InChI=1S/C13H17FN2O2S/c1-2-19-13-5-3-4-11(13)15-10-7-6-9(14)8-12(10)16(17)18/h6-8,11,13,15H,2-5H2,1H3. The maximum atomic E-state index is 13.1. The molecule has 2 rings (SSSR count). The minimum atomic E-state index is -0.580. The Morgan fingerprint density at radius 2 is 2.32 bits per heavy atom. The van der Waals surface area contributed by atoms with Crippen molar-refractivity contribution in [2.24, 2.45) is 0 Å². The third-order valence-corrected chi connectivity index (χ3v) is 4.66. The molecule has 1 fully saturated rings. The molecule has 0 heterocycles. The number of thioether (sulfide) groups is 1. The Balaban J connectivity index is 2.16. The van der Waals surface area contributed by atoms with E-state index in [9.17, 15) is 14.5 Å². The van der Waals surface area contributed by atoms with Crippen molar-refractivity contribution in [2.45, 2.75) is 37.5 Å². The van der Waals surface area contributed by atoms with Crippen LogP contribution >= 0.6 is 11.8 Å². The van der Waals surface area contributed by atoms with Crippen LogP contribution in [0, 0.1) is 15.9 Å². The quantitative estimate of drug-likeness (QED) is 0.659. The lowest BCUT2D eigenvalue weighted by molar-refractivity contribution is -0.384. The SMILES string of the molecule is CCSC1CCCC1Nc1ccc(F)cc1[N+](=O)[O-]. The number of halogens is 1. The smallest absolute Gasteiger partial charge is 0.295 e. The van der Waals surface area contributed by atoms with Gasteiger partial charge in [-0.2, -0.15) is 11.8 Å². The molecule has 0 aliphatic heterocycles. The van der Waals surface area contributed by atoms with Crippen LogP contribution in [0.2, 0.25) is 0 Å². The Hall–Kier alpha value is -1.30. The Morgan fingerprint density at radius 1 is 1.53 bits per heavy atom. The van der Waals surface area contributed by atoms with Crippen molar-refractivity contribution < 1.29 is 9.31 Å². The largest absolute Gasteiger partial charge is 0.376 e. The lowest BCUT2D eigenvalue weighted by Gasteiger charge is -2.21. The number of hydrogen-bond acceptors (Lipinski definition) is 4. The van der Waals surface area contributed by atoms with Crippen molar-refractivity contribution in [2.75, 3.05) is 11.1 Å². The predicted molar refractivity (Wildman–Crippen MR) is 76.2 cm³/mol. The Bertz CT molecular complexity index is 470. The number of nitrogens with zero attached hydrogens (tertiary/aromatic N) is 1. The number of anilines is 1. The first-order chi connectivity index (χ1) is 9.11. The van der Waals surface area contributed by atoms with Crippen LogP contribution in [0.5, 0.6) is 0 Å². The van der Waals surface area contributed by atoms with Crippen molar-refractivity contribution in [1.29, 1.82) is 0 Å². The van der Waals surface area contributed by atoms with Crippen LogP contribution in [0.4, 0.5) is 15.8 Å². The number of nitro benzene ring substituents is 1. The molecule has 0 aromatic heterocycles. The van der Waals surface area contributed by atoms with Gasteiger partial charge in [0.1, 0.15) is 11.5 Å². The first-order valence-electron chi connectivity index (χ1n) is 6.44. The van der Waals surface area contributed by atoms with Crippen molar-refractivity contribution in [1.82, 2.24) is 0 Å². The molecule has 2 unspecified atom stereocenters. The van der Waals surface area contributed by atoms with E-state index in [0.717, 1.165) is 31.1 Å². The van der Waals surface area contributed by atoms with E-state index in [1.165, 1.54) is 12.1 Å². The van der Waals surface area contributed by atoms with Gasteiger partial charge in [0.05, 0.1) is 11.0 Å².